The van der Waals surface area contributed by atoms with Crippen LogP contribution < -0.4 is 0 Å². The fourth-order valence-electron chi connectivity index (χ4n) is 2.27. The van der Waals surface area contributed by atoms with Crippen LogP contribution in [0.15, 0.2) is 48.5 Å². The van der Waals surface area contributed by atoms with Gasteiger partial charge in [-0.3, -0.25) is 9.59 Å². The maximum absolute atomic E-state index is 12.3. The third-order valence-corrected chi connectivity index (χ3v) is 3.90. The van der Waals surface area contributed by atoms with Crippen LogP contribution in [0.3, 0.4) is 0 Å². The number of carbonyl (C=O) groups excluding carboxylic acids is 1. The topological polar surface area (TPSA) is 54.4 Å². The van der Waals surface area contributed by atoms with Crippen molar-refractivity contribution >= 4 is 23.4 Å². The summed E-state index contributed by atoms with van der Waals surface area (Å²) in [5.74, 6) is -2.04. The summed E-state index contributed by atoms with van der Waals surface area (Å²) < 4.78 is 0. The van der Waals surface area contributed by atoms with Crippen LogP contribution in [0.1, 0.15) is 40.7 Å². The lowest BCUT2D eigenvalue weighted by molar-refractivity contribution is -0.138. The SMILES string of the molecule is CCc1ccc([C@@H](CC(=O)c2ccc(Cl)cc2)C(=O)O)cc1. The van der Waals surface area contributed by atoms with E-state index >= 15 is 0 Å². The van der Waals surface area contributed by atoms with Crippen LogP contribution in [0, 0.1) is 0 Å². The summed E-state index contributed by atoms with van der Waals surface area (Å²) in [7, 11) is 0. The fourth-order valence-corrected chi connectivity index (χ4v) is 2.40. The summed E-state index contributed by atoms with van der Waals surface area (Å²) in [6.45, 7) is 2.04. The Labute approximate surface area is 134 Å². The van der Waals surface area contributed by atoms with Gasteiger partial charge < -0.3 is 5.11 Å². The van der Waals surface area contributed by atoms with E-state index in [1.807, 2.05) is 19.1 Å². The molecule has 4 heteroatoms. The Bertz CT molecular complexity index is 660. The van der Waals surface area contributed by atoms with Gasteiger partial charge in [0.05, 0.1) is 5.92 Å². The molecule has 0 amide bonds. The first-order valence-electron chi connectivity index (χ1n) is 7.11. The van der Waals surface area contributed by atoms with Crippen LogP contribution in [0.25, 0.3) is 0 Å². The summed E-state index contributed by atoms with van der Waals surface area (Å²) in [6.07, 6.45) is 0.824. The first kappa shape index (κ1) is 16.2. The Hall–Kier alpha value is -2.13. The molecule has 0 heterocycles. The van der Waals surface area contributed by atoms with E-state index in [0.29, 0.717) is 16.1 Å². The molecular formula is C18H17ClO3. The zero-order valence-corrected chi connectivity index (χ0v) is 13.0. The highest BCUT2D eigenvalue weighted by Crippen LogP contribution is 2.23. The van der Waals surface area contributed by atoms with Gasteiger partial charge in [-0.15, -0.1) is 0 Å². The second kappa shape index (κ2) is 7.23. The van der Waals surface area contributed by atoms with E-state index in [0.717, 1.165) is 12.0 Å². The van der Waals surface area contributed by atoms with Gasteiger partial charge in [0, 0.05) is 17.0 Å². The normalized spacial score (nSPS) is 11.9. The van der Waals surface area contributed by atoms with Crippen molar-refractivity contribution in [3.05, 3.63) is 70.2 Å². The lowest BCUT2D eigenvalue weighted by atomic mass is 9.91. The number of carboxylic acids is 1. The number of aliphatic carboxylic acids is 1. The zero-order chi connectivity index (χ0) is 16.1. The average Bonchev–Trinajstić information content (AvgIpc) is 2.53. The third kappa shape index (κ3) is 3.95. The maximum atomic E-state index is 12.3. The molecule has 2 aromatic carbocycles. The van der Waals surface area contributed by atoms with Crippen LogP contribution in [-0.2, 0) is 11.2 Å². The first-order chi connectivity index (χ1) is 10.5. The number of aryl methyl sites for hydroxylation is 1. The molecule has 0 aliphatic heterocycles. The fraction of sp³-hybridized carbons (Fsp3) is 0.222. The van der Waals surface area contributed by atoms with Crippen molar-refractivity contribution < 1.29 is 14.7 Å². The number of hydrogen-bond donors (Lipinski definition) is 1. The monoisotopic (exact) mass is 316 g/mol. The molecule has 2 rings (SSSR count). The van der Waals surface area contributed by atoms with Gasteiger partial charge >= 0.3 is 5.97 Å². The van der Waals surface area contributed by atoms with Gasteiger partial charge in [-0.2, -0.15) is 0 Å². The highest BCUT2D eigenvalue weighted by Gasteiger charge is 2.23. The Balaban J connectivity index is 2.19. The second-order valence-electron chi connectivity index (χ2n) is 5.12. The summed E-state index contributed by atoms with van der Waals surface area (Å²) in [5, 5.41) is 9.96. The van der Waals surface area contributed by atoms with Crippen molar-refractivity contribution in [2.24, 2.45) is 0 Å². The molecule has 114 valence electrons. The van der Waals surface area contributed by atoms with Crippen molar-refractivity contribution in [2.75, 3.05) is 0 Å². The molecular weight excluding hydrogens is 300 g/mol. The van der Waals surface area contributed by atoms with Crippen LogP contribution in [0.4, 0.5) is 0 Å². The van der Waals surface area contributed by atoms with Gasteiger partial charge in [-0.1, -0.05) is 42.8 Å². The number of benzene rings is 2. The summed E-state index contributed by atoms with van der Waals surface area (Å²) in [4.78, 5) is 23.8. The molecule has 2 aromatic rings. The second-order valence-corrected chi connectivity index (χ2v) is 5.56. The molecule has 0 radical (unpaired) electrons. The number of halogens is 1. The Morgan fingerprint density at radius 2 is 1.64 bits per heavy atom. The predicted octanol–water partition coefficient (Wildman–Crippen LogP) is 4.34. The molecule has 0 saturated heterocycles. The standard InChI is InChI=1S/C18H17ClO3/c1-2-12-3-5-13(6-4-12)16(18(21)22)11-17(20)14-7-9-15(19)10-8-14/h3-10,16H,2,11H2,1H3,(H,21,22)/t16-/m1/s1. The molecule has 3 nitrogen and oxygen atoms in total. The minimum Gasteiger partial charge on any atom is -0.481 e. The van der Waals surface area contributed by atoms with Crippen molar-refractivity contribution in [1.82, 2.24) is 0 Å². The lowest BCUT2D eigenvalue weighted by Crippen LogP contribution is -2.16. The molecule has 1 atom stereocenters. The van der Waals surface area contributed by atoms with Gasteiger partial charge in [-0.25, -0.2) is 0 Å². The Morgan fingerprint density at radius 1 is 1.05 bits per heavy atom. The summed E-state index contributed by atoms with van der Waals surface area (Å²) in [6, 6.07) is 13.9. The van der Waals surface area contributed by atoms with E-state index < -0.39 is 11.9 Å². The minimum atomic E-state index is -0.994. The first-order valence-corrected chi connectivity index (χ1v) is 7.49. The lowest BCUT2D eigenvalue weighted by Gasteiger charge is -2.13. The largest absolute Gasteiger partial charge is 0.481 e. The smallest absolute Gasteiger partial charge is 0.311 e. The molecule has 0 spiro atoms. The van der Waals surface area contributed by atoms with Crippen LogP contribution >= 0.6 is 11.6 Å². The predicted molar refractivity (Wildman–Crippen MR) is 86.6 cm³/mol. The Morgan fingerprint density at radius 3 is 2.14 bits per heavy atom. The van der Waals surface area contributed by atoms with Gasteiger partial charge in [0.1, 0.15) is 0 Å². The molecule has 0 bridgehead atoms. The van der Waals surface area contributed by atoms with Crippen LogP contribution in [-0.4, -0.2) is 16.9 Å². The van der Waals surface area contributed by atoms with Gasteiger partial charge in [0.15, 0.2) is 5.78 Å². The molecule has 1 N–H and O–H groups in total. The summed E-state index contributed by atoms with van der Waals surface area (Å²) in [5.41, 5.74) is 2.25. The maximum Gasteiger partial charge on any atom is 0.311 e. The van der Waals surface area contributed by atoms with E-state index in [4.69, 9.17) is 11.6 Å². The van der Waals surface area contributed by atoms with Gasteiger partial charge in [-0.05, 0) is 41.8 Å². The van der Waals surface area contributed by atoms with Crippen molar-refractivity contribution in [3.8, 4) is 0 Å². The van der Waals surface area contributed by atoms with Gasteiger partial charge in [0.2, 0.25) is 0 Å². The van der Waals surface area contributed by atoms with E-state index in [1.54, 1.807) is 36.4 Å². The third-order valence-electron chi connectivity index (χ3n) is 3.64. The number of rotatable bonds is 6. The molecule has 0 fully saturated rings. The van der Waals surface area contributed by atoms with Crippen molar-refractivity contribution in [3.63, 3.8) is 0 Å². The zero-order valence-electron chi connectivity index (χ0n) is 12.3. The average molecular weight is 317 g/mol. The molecule has 0 aliphatic rings. The Kier molecular flexibility index (Phi) is 5.34. The molecule has 0 unspecified atom stereocenters. The van der Waals surface area contributed by atoms with E-state index in [2.05, 4.69) is 0 Å². The highest BCUT2D eigenvalue weighted by molar-refractivity contribution is 6.30. The van der Waals surface area contributed by atoms with Crippen molar-refractivity contribution in [2.45, 2.75) is 25.7 Å². The summed E-state index contributed by atoms with van der Waals surface area (Å²) >= 11 is 5.79. The van der Waals surface area contributed by atoms with Crippen molar-refractivity contribution in [1.29, 1.82) is 0 Å². The molecule has 0 saturated carbocycles. The molecule has 0 aliphatic carbocycles. The highest BCUT2D eigenvalue weighted by atomic mass is 35.5. The van der Waals surface area contributed by atoms with E-state index in [1.165, 1.54) is 0 Å². The van der Waals surface area contributed by atoms with E-state index in [-0.39, 0.29) is 12.2 Å². The number of hydrogen-bond acceptors (Lipinski definition) is 2. The van der Waals surface area contributed by atoms with Gasteiger partial charge in [0.25, 0.3) is 0 Å². The van der Waals surface area contributed by atoms with Crippen LogP contribution in [0.2, 0.25) is 5.02 Å². The number of ketones is 1. The quantitative estimate of drug-likeness (QED) is 0.806. The number of carbonyl (C=O) groups is 2. The number of Topliss-reactive ketones (excluding diaryl/α,β-unsaturated/α-hetero) is 1. The van der Waals surface area contributed by atoms with Crippen LogP contribution in [0.5, 0.6) is 0 Å². The molecule has 22 heavy (non-hydrogen) atoms. The van der Waals surface area contributed by atoms with E-state index in [9.17, 15) is 14.7 Å². The minimum absolute atomic E-state index is 0.0670. The molecule has 0 aromatic heterocycles. The number of carboxylic acid groups (broad SMARTS) is 1.